The van der Waals surface area contributed by atoms with Crippen molar-refractivity contribution in [3.63, 3.8) is 0 Å². The SMILES string of the molecule is Cc1noc(Cn2c(CCCl)nc3cc(Cl)cnc32)n1. The van der Waals surface area contributed by atoms with Gasteiger partial charge in [-0.05, 0) is 13.0 Å². The number of pyridine rings is 1. The van der Waals surface area contributed by atoms with E-state index in [-0.39, 0.29) is 0 Å². The second-order valence-electron chi connectivity index (χ2n) is 4.28. The van der Waals surface area contributed by atoms with E-state index in [1.54, 1.807) is 19.2 Å². The third-order valence-corrected chi connectivity index (χ3v) is 3.21. The van der Waals surface area contributed by atoms with E-state index in [2.05, 4.69) is 20.1 Å². The molecule has 0 bridgehead atoms. The molecule has 0 fully saturated rings. The molecule has 0 radical (unpaired) electrons. The summed E-state index contributed by atoms with van der Waals surface area (Å²) in [6.07, 6.45) is 2.22. The molecule has 6 nitrogen and oxygen atoms in total. The fraction of sp³-hybridized carbons (Fsp3) is 0.333. The Bertz CT molecular complexity index is 751. The Hall–Kier alpha value is -1.66. The van der Waals surface area contributed by atoms with Crippen LogP contribution in [-0.2, 0) is 13.0 Å². The van der Waals surface area contributed by atoms with Crippen molar-refractivity contribution in [2.24, 2.45) is 0 Å². The number of hydrogen-bond acceptors (Lipinski definition) is 5. The van der Waals surface area contributed by atoms with Crippen molar-refractivity contribution in [3.8, 4) is 0 Å². The van der Waals surface area contributed by atoms with Gasteiger partial charge in [-0.3, -0.25) is 0 Å². The summed E-state index contributed by atoms with van der Waals surface area (Å²) in [5.41, 5.74) is 1.46. The quantitative estimate of drug-likeness (QED) is 0.693. The standard InChI is InChI=1S/C12H11Cl2N5O/c1-7-16-11(20-18-7)6-19-10(2-3-13)17-9-4-8(14)5-15-12(9)19/h4-5H,2-3,6H2,1H3. The van der Waals surface area contributed by atoms with Crippen molar-refractivity contribution >= 4 is 34.4 Å². The topological polar surface area (TPSA) is 69.6 Å². The first-order valence-electron chi connectivity index (χ1n) is 6.03. The highest BCUT2D eigenvalue weighted by Gasteiger charge is 2.15. The van der Waals surface area contributed by atoms with E-state index in [9.17, 15) is 0 Å². The van der Waals surface area contributed by atoms with Gasteiger partial charge in [0.15, 0.2) is 11.5 Å². The normalized spacial score (nSPS) is 11.3. The summed E-state index contributed by atoms with van der Waals surface area (Å²) >= 11 is 11.8. The summed E-state index contributed by atoms with van der Waals surface area (Å²) in [7, 11) is 0. The molecule has 3 rings (SSSR count). The Morgan fingerprint density at radius 3 is 2.90 bits per heavy atom. The Morgan fingerprint density at radius 1 is 1.35 bits per heavy atom. The van der Waals surface area contributed by atoms with Crippen LogP contribution in [-0.4, -0.2) is 30.6 Å². The maximum absolute atomic E-state index is 5.94. The monoisotopic (exact) mass is 311 g/mol. The summed E-state index contributed by atoms with van der Waals surface area (Å²) in [5.74, 6) is 2.40. The summed E-state index contributed by atoms with van der Waals surface area (Å²) in [6, 6.07) is 1.77. The molecular formula is C12H11Cl2N5O. The maximum atomic E-state index is 5.94. The van der Waals surface area contributed by atoms with Crippen molar-refractivity contribution in [1.82, 2.24) is 24.7 Å². The van der Waals surface area contributed by atoms with Gasteiger partial charge in [0.05, 0.1) is 5.02 Å². The van der Waals surface area contributed by atoms with Gasteiger partial charge in [0, 0.05) is 18.5 Å². The third kappa shape index (κ3) is 2.48. The van der Waals surface area contributed by atoms with Crippen molar-refractivity contribution in [2.45, 2.75) is 19.9 Å². The summed E-state index contributed by atoms with van der Waals surface area (Å²) < 4.78 is 7.06. The molecule has 0 atom stereocenters. The second-order valence-corrected chi connectivity index (χ2v) is 5.10. The Balaban J connectivity index is 2.08. The first-order chi connectivity index (χ1) is 9.67. The highest BCUT2D eigenvalue weighted by molar-refractivity contribution is 6.31. The Labute approximate surface area is 124 Å². The van der Waals surface area contributed by atoms with Gasteiger partial charge in [0.1, 0.15) is 17.9 Å². The van der Waals surface area contributed by atoms with Crippen LogP contribution in [0.25, 0.3) is 11.2 Å². The fourth-order valence-corrected chi connectivity index (χ4v) is 2.34. The maximum Gasteiger partial charge on any atom is 0.246 e. The van der Waals surface area contributed by atoms with Gasteiger partial charge in [-0.2, -0.15) is 4.98 Å². The number of nitrogens with zero attached hydrogens (tertiary/aromatic N) is 5. The molecule has 0 aliphatic carbocycles. The van der Waals surface area contributed by atoms with Gasteiger partial charge in [-0.25, -0.2) is 9.97 Å². The Morgan fingerprint density at radius 2 is 2.20 bits per heavy atom. The molecule has 0 unspecified atom stereocenters. The lowest BCUT2D eigenvalue weighted by molar-refractivity contribution is 0.367. The molecule has 3 aromatic rings. The van der Waals surface area contributed by atoms with Crippen molar-refractivity contribution in [3.05, 3.63) is 34.8 Å². The van der Waals surface area contributed by atoms with Crippen LogP contribution in [0.15, 0.2) is 16.8 Å². The number of halogens is 2. The minimum Gasteiger partial charge on any atom is -0.337 e. The molecular weight excluding hydrogens is 301 g/mol. The number of fused-ring (bicyclic) bond motifs is 1. The summed E-state index contributed by atoms with van der Waals surface area (Å²) in [6.45, 7) is 2.19. The number of hydrogen-bond donors (Lipinski definition) is 0. The number of aryl methyl sites for hydroxylation is 2. The summed E-state index contributed by atoms with van der Waals surface area (Å²) in [5, 5.41) is 4.33. The molecule has 0 saturated carbocycles. The molecule has 0 amide bonds. The van der Waals surface area contributed by atoms with E-state index in [0.717, 1.165) is 17.0 Å². The molecule has 0 N–H and O–H groups in total. The minimum atomic E-state index is 0.415. The number of rotatable bonds is 4. The van der Waals surface area contributed by atoms with Crippen LogP contribution >= 0.6 is 23.2 Å². The molecule has 20 heavy (non-hydrogen) atoms. The first-order valence-corrected chi connectivity index (χ1v) is 6.94. The lowest BCUT2D eigenvalue weighted by Crippen LogP contribution is -2.07. The number of aromatic nitrogens is 5. The highest BCUT2D eigenvalue weighted by Crippen LogP contribution is 2.19. The molecule has 0 saturated heterocycles. The number of alkyl halides is 1. The fourth-order valence-electron chi connectivity index (χ4n) is 2.01. The van der Waals surface area contributed by atoms with Crippen LogP contribution < -0.4 is 0 Å². The lowest BCUT2D eigenvalue weighted by atomic mass is 10.4. The zero-order valence-corrected chi connectivity index (χ0v) is 12.2. The van der Waals surface area contributed by atoms with Crippen molar-refractivity contribution in [1.29, 1.82) is 0 Å². The van der Waals surface area contributed by atoms with Gasteiger partial charge < -0.3 is 9.09 Å². The molecule has 3 aromatic heterocycles. The molecule has 104 valence electrons. The van der Waals surface area contributed by atoms with E-state index < -0.39 is 0 Å². The minimum absolute atomic E-state index is 0.415. The zero-order valence-electron chi connectivity index (χ0n) is 10.7. The zero-order chi connectivity index (χ0) is 14.1. The number of imidazole rings is 1. The molecule has 0 aliphatic heterocycles. The van der Waals surface area contributed by atoms with E-state index in [4.69, 9.17) is 27.7 Å². The van der Waals surface area contributed by atoms with Gasteiger partial charge >= 0.3 is 0 Å². The predicted octanol–water partition coefficient (Wildman–Crippen LogP) is 2.61. The molecule has 8 heteroatoms. The molecule has 0 aromatic carbocycles. The molecule has 0 aliphatic rings. The summed E-state index contributed by atoms with van der Waals surface area (Å²) in [4.78, 5) is 13.0. The third-order valence-electron chi connectivity index (χ3n) is 2.81. The smallest absolute Gasteiger partial charge is 0.246 e. The van der Waals surface area contributed by atoms with Gasteiger partial charge in [0.25, 0.3) is 0 Å². The predicted molar refractivity (Wildman–Crippen MR) is 75.1 cm³/mol. The van der Waals surface area contributed by atoms with Gasteiger partial charge in [-0.1, -0.05) is 16.8 Å². The molecule has 3 heterocycles. The lowest BCUT2D eigenvalue weighted by Gasteiger charge is -2.04. The molecule has 0 spiro atoms. The van der Waals surface area contributed by atoms with Crippen molar-refractivity contribution in [2.75, 3.05) is 5.88 Å². The van der Waals surface area contributed by atoms with Crippen LogP contribution in [0, 0.1) is 6.92 Å². The van der Waals surface area contributed by atoms with E-state index in [0.29, 0.717) is 35.6 Å². The van der Waals surface area contributed by atoms with Crippen molar-refractivity contribution < 1.29 is 4.52 Å². The van der Waals surface area contributed by atoms with E-state index in [1.807, 2.05) is 4.57 Å². The average Bonchev–Trinajstić information content (AvgIpc) is 2.95. The van der Waals surface area contributed by atoms with E-state index >= 15 is 0 Å². The first kappa shape index (κ1) is 13.3. The second kappa shape index (κ2) is 5.38. The highest BCUT2D eigenvalue weighted by atomic mass is 35.5. The van der Waals surface area contributed by atoms with Crippen LogP contribution in [0.3, 0.4) is 0 Å². The van der Waals surface area contributed by atoms with Crippen LogP contribution in [0.1, 0.15) is 17.5 Å². The largest absolute Gasteiger partial charge is 0.337 e. The van der Waals surface area contributed by atoms with E-state index in [1.165, 1.54) is 0 Å². The van der Waals surface area contributed by atoms with Crippen LogP contribution in [0.4, 0.5) is 0 Å². The van der Waals surface area contributed by atoms with Gasteiger partial charge in [-0.15, -0.1) is 11.6 Å². The van der Waals surface area contributed by atoms with Crippen LogP contribution in [0.2, 0.25) is 5.02 Å². The average molecular weight is 312 g/mol. The van der Waals surface area contributed by atoms with Gasteiger partial charge in [0.2, 0.25) is 5.89 Å². The Kier molecular flexibility index (Phi) is 3.58. The van der Waals surface area contributed by atoms with Crippen LogP contribution in [0.5, 0.6) is 0 Å².